The van der Waals surface area contributed by atoms with E-state index in [-0.39, 0.29) is 0 Å². The minimum atomic E-state index is 0.346. The Hall–Kier alpha value is -0.500. The number of aromatic nitrogens is 2. The van der Waals surface area contributed by atoms with Crippen LogP contribution in [-0.4, -0.2) is 14.9 Å². The average molecular weight is 213 g/mol. The van der Waals surface area contributed by atoms with Gasteiger partial charge >= 0.3 is 0 Å². The molecule has 1 fully saturated rings. The molecule has 14 heavy (non-hydrogen) atoms. The van der Waals surface area contributed by atoms with Crippen LogP contribution in [0.25, 0.3) is 0 Å². The highest BCUT2D eigenvalue weighted by atomic mass is 35.5. The molecule has 0 spiro atoms. The van der Waals surface area contributed by atoms with E-state index >= 15 is 0 Å². The van der Waals surface area contributed by atoms with Crippen molar-refractivity contribution < 1.29 is 0 Å². The number of hydrogen-bond donors (Lipinski definition) is 0. The van der Waals surface area contributed by atoms with Gasteiger partial charge in [0.05, 0.1) is 12.0 Å². The second-order valence-corrected chi connectivity index (χ2v) is 5.08. The van der Waals surface area contributed by atoms with Crippen molar-refractivity contribution in [2.75, 3.05) is 0 Å². The molecule has 3 atom stereocenters. The molecule has 1 aromatic heterocycles. The molecule has 2 rings (SSSR count). The number of aryl methyl sites for hydroxylation is 1. The van der Waals surface area contributed by atoms with Crippen LogP contribution in [0.4, 0.5) is 0 Å². The highest BCUT2D eigenvalue weighted by molar-refractivity contribution is 6.20. The van der Waals surface area contributed by atoms with Gasteiger partial charge in [0, 0.05) is 24.5 Å². The van der Waals surface area contributed by atoms with Gasteiger partial charge in [0.25, 0.3) is 0 Å². The lowest BCUT2D eigenvalue weighted by atomic mass is 9.78. The normalized spacial score (nSPS) is 33.2. The summed E-state index contributed by atoms with van der Waals surface area (Å²) in [5, 5.41) is 0.346. The Morgan fingerprint density at radius 1 is 1.50 bits per heavy atom. The second-order valence-electron chi connectivity index (χ2n) is 4.46. The van der Waals surface area contributed by atoms with Crippen LogP contribution in [0, 0.1) is 5.92 Å². The van der Waals surface area contributed by atoms with E-state index in [9.17, 15) is 0 Å². The van der Waals surface area contributed by atoms with E-state index in [0.717, 1.165) is 18.8 Å². The molecular formula is C11H17ClN2. The molecule has 0 aromatic carbocycles. The summed E-state index contributed by atoms with van der Waals surface area (Å²) in [5.41, 5.74) is 1.21. The smallest absolute Gasteiger partial charge is 0.0946 e. The molecule has 0 radical (unpaired) electrons. The van der Waals surface area contributed by atoms with Crippen molar-refractivity contribution >= 4 is 11.6 Å². The Kier molecular flexibility index (Phi) is 2.82. The predicted octanol–water partition coefficient (Wildman–Crippen LogP) is 2.93. The van der Waals surface area contributed by atoms with E-state index in [2.05, 4.69) is 18.1 Å². The van der Waals surface area contributed by atoms with E-state index in [1.165, 1.54) is 12.1 Å². The zero-order chi connectivity index (χ0) is 10.1. The Labute approximate surface area is 90.3 Å². The third-order valence-corrected chi connectivity index (χ3v) is 3.63. The first-order valence-corrected chi connectivity index (χ1v) is 5.72. The van der Waals surface area contributed by atoms with Crippen molar-refractivity contribution in [3.05, 3.63) is 18.2 Å². The van der Waals surface area contributed by atoms with E-state index < -0.39 is 0 Å². The van der Waals surface area contributed by atoms with Crippen molar-refractivity contribution in [1.29, 1.82) is 0 Å². The molecular weight excluding hydrogens is 196 g/mol. The standard InChI is InChI=1S/C11H17ClN2/c1-8-3-4-9(12)5-10(8)11-6-14(2)7-13-11/h6-10H,3-5H2,1-2H3. The molecule has 1 aromatic rings. The first kappa shape index (κ1) is 10.0. The van der Waals surface area contributed by atoms with Crippen molar-refractivity contribution in [1.82, 2.24) is 9.55 Å². The number of hydrogen-bond acceptors (Lipinski definition) is 1. The molecule has 0 amide bonds. The molecule has 2 nitrogen and oxygen atoms in total. The van der Waals surface area contributed by atoms with Gasteiger partial charge in [-0.15, -0.1) is 11.6 Å². The molecule has 3 heteroatoms. The molecule has 3 unspecified atom stereocenters. The van der Waals surface area contributed by atoms with Crippen LogP contribution in [-0.2, 0) is 7.05 Å². The van der Waals surface area contributed by atoms with Crippen molar-refractivity contribution in [3.8, 4) is 0 Å². The molecule has 0 saturated heterocycles. The molecule has 0 aliphatic heterocycles. The molecule has 1 aliphatic rings. The number of alkyl halides is 1. The fourth-order valence-electron chi connectivity index (χ4n) is 2.31. The van der Waals surface area contributed by atoms with Crippen LogP contribution >= 0.6 is 11.6 Å². The fourth-order valence-corrected chi connectivity index (χ4v) is 2.63. The molecule has 1 aliphatic carbocycles. The number of rotatable bonds is 1. The minimum absolute atomic E-state index is 0.346. The minimum Gasteiger partial charge on any atom is -0.340 e. The van der Waals surface area contributed by atoms with Gasteiger partial charge in [-0.1, -0.05) is 6.92 Å². The summed E-state index contributed by atoms with van der Waals surface area (Å²) in [6.45, 7) is 2.31. The van der Waals surface area contributed by atoms with Crippen molar-refractivity contribution in [2.24, 2.45) is 13.0 Å². The summed E-state index contributed by atoms with van der Waals surface area (Å²) in [5.74, 6) is 1.28. The number of imidazole rings is 1. The highest BCUT2D eigenvalue weighted by Crippen LogP contribution is 2.38. The van der Waals surface area contributed by atoms with E-state index in [0.29, 0.717) is 11.3 Å². The summed E-state index contributed by atoms with van der Waals surface area (Å²) in [7, 11) is 2.02. The fraction of sp³-hybridized carbons (Fsp3) is 0.727. The van der Waals surface area contributed by atoms with Gasteiger partial charge in [-0.2, -0.15) is 0 Å². The topological polar surface area (TPSA) is 17.8 Å². The maximum Gasteiger partial charge on any atom is 0.0946 e. The van der Waals surface area contributed by atoms with Gasteiger partial charge in [0.2, 0.25) is 0 Å². The Balaban J connectivity index is 2.15. The third-order valence-electron chi connectivity index (χ3n) is 3.24. The predicted molar refractivity (Wildman–Crippen MR) is 58.6 cm³/mol. The highest BCUT2D eigenvalue weighted by Gasteiger charge is 2.29. The average Bonchev–Trinajstić information content (AvgIpc) is 2.56. The summed E-state index contributed by atoms with van der Waals surface area (Å²) < 4.78 is 2.01. The summed E-state index contributed by atoms with van der Waals surface area (Å²) in [6.07, 6.45) is 7.47. The monoisotopic (exact) mass is 212 g/mol. The van der Waals surface area contributed by atoms with E-state index in [1.807, 2.05) is 17.9 Å². The number of halogens is 1. The van der Waals surface area contributed by atoms with Gasteiger partial charge in [0.1, 0.15) is 0 Å². The Morgan fingerprint density at radius 2 is 2.29 bits per heavy atom. The van der Waals surface area contributed by atoms with Crippen LogP contribution in [0.5, 0.6) is 0 Å². The summed E-state index contributed by atoms with van der Waals surface area (Å²) in [4.78, 5) is 4.43. The molecule has 0 bridgehead atoms. The van der Waals surface area contributed by atoms with Gasteiger partial charge in [0.15, 0.2) is 0 Å². The second kappa shape index (κ2) is 3.93. The maximum atomic E-state index is 6.20. The van der Waals surface area contributed by atoms with Crippen LogP contribution in [0.3, 0.4) is 0 Å². The zero-order valence-electron chi connectivity index (χ0n) is 8.78. The van der Waals surface area contributed by atoms with Crippen LogP contribution in [0.15, 0.2) is 12.5 Å². The molecule has 0 N–H and O–H groups in total. The lowest BCUT2D eigenvalue weighted by Crippen LogP contribution is -2.21. The van der Waals surface area contributed by atoms with Crippen LogP contribution < -0.4 is 0 Å². The number of nitrogens with zero attached hydrogens (tertiary/aromatic N) is 2. The maximum absolute atomic E-state index is 6.20. The van der Waals surface area contributed by atoms with Crippen molar-refractivity contribution in [2.45, 2.75) is 37.5 Å². The molecule has 78 valence electrons. The van der Waals surface area contributed by atoms with Gasteiger partial charge in [-0.3, -0.25) is 0 Å². The van der Waals surface area contributed by atoms with Crippen molar-refractivity contribution in [3.63, 3.8) is 0 Å². The summed E-state index contributed by atoms with van der Waals surface area (Å²) in [6, 6.07) is 0. The van der Waals surface area contributed by atoms with E-state index in [4.69, 9.17) is 11.6 Å². The first-order valence-electron chi connectivity index (χ1n) is 5.28. The van der Waals surface area contributed by atoms with Gasteiger partial charge in [-0.25, -0.2) is 4.98 Å². The largest absolute Gasteiger partial charge is 0.340 e. The Bertz CT molecular complexity index is 308. The lowest BCUT2D eigenvalue weighted by molar-refractivity contribution is 0.330. The van der Waals surface area contributed by atoms with Gasteiger partial charge in [-0.05, 0) is 25.2 Å². The van der Waals surface area contributed by atoms with Crippen LogP contribution in [0.2, 0.25) is 0 Å². The third kappa shape index (κ3) is 1.95. The lowest BCUT2D eigenvalue weighted by Gasteiger charge is -2.30. The van der Waals surface area contributed by atoms with E-state index in [1.54, 1.807) is 0 Å². The molecule has 1 saturated carbocycles. The van der Waals surface area contributed by atoms with Crippen LogP contribution in [0.1, 0.15) is 37.8 Å². The Morgan fingerprint density at radius 3 is 2.93 bits per heavy atom. The van der Waals surface area contributed by atoms with Gasteiger partial charge < -0.3 is 4.57 Å². The molecule has 1 heterocycles. The summed E-state index contributed by atoms with van der Waals surface area (Å²) >= 11 is 6.20. The zero-order valence-corrected chi connectivity index (χ0v) is 9.54. The first-order chi connectivity index (χ1) is 6.66. The SMILES string of the molecule is CC1CCC(Cl)CC1c1cn(C)cn1. The quantitative estimate of drug-likeness (QED) is 0.655.